The van der Waals surface area contributed by atoms with Gasteiger partial charge in [0, 0.05) is 29.8 Å². The van der Waals surface area contributed by atoms with Crippen LogP contribution in [-0.2, 0) is 4.79 Å². The summed E-state index contributed by atoms with van der Waals surface area (Å²) in [4.78, 5) is 36.3. The molecule has 4 aliphatic rings. The van der Waals surface area contributed by atoms with Crippen molar-refractivity contribution in [3.8, 4) is 0 Å². The number of hydroxylamine groups is 1. The van der Waals surface area contributed by atoms with Crippen molar-refractivity contribution in [3.05, 3.63) is 29.8 Å². The first-order chi connectivity index (χ1) is 17.1. The summed E-state index contributed by atoms with van der Waals surface area (Å²) in [6.07, 6.45) is 11.9. The van der Waals surface area contributed by atoms with Crippen molar-refractivity contribution in [2.45, 2.75) is 96.4 Å². The lowest BCUT2D eigenvalue weighted by atomic mass is 9.43. The molecule has 4 fully saturated rings. The Morgan fingerprint density at radius 1 is 0.889 bits per heavy atom. The summed E-state index contributed by atoms with van der Waals surface area (Å²) in [6.45, 7) is 5.39. The molecule has 2 atom stereocenters. The lowest BCUT2D eigenvalue weighted by Gasteiger charge is -2.65. The summed E-state index contributed by atoms with van der Waals surface area (Å²) in [6, 6.07) is 6.88. The quantitative estimate of drug-likeness (QED) is 0.165. The van der Waals surface area contributed by atoms with Crippen molar-refractivity contribution in [2.24, 2.45) is 16.7 Å². The highest BCUT2D eigenvalue weighted by atomic mass is 16.5. The van der Waals surface area contributed by atoms with Crippen molar-refractivity contribution in [2.75, 3.05) is 11.9 Å². The summed E-state index contributed by atoms with van der Waals surface area (Å²) >= 11 is 0. The topological polar surface area (TPSA) is 120 Å². The summed E-state index contributed by atoms with van der Waals surface area (Å²) in [7, 11) is 0. The third-order valence-corrected chi connectivity index (χ3v) is 8.40. The minimum Gasteiger partial charge on any atom is -0.352 e. The fourth-order valence-electron chi connectivity index (χ4n) is 8.00. The molecular formula is C28H42N4O4. The van der Waals surface area contributed by atoms with Gasteiger partial charge in [-0.1, -0.05) is 33.1 Å². The maximum Gasteiger partial charge on any atom is 0.319 e. The van der Waals surface area contributed by atoms with Gasteiger partial charge >= 0.3 is 6.03 Å². The summed E-state index contributed by atoms with van der Waals surface area (Å²) in [5.41, 5.74) is 3.47. The molecule has 0 heterocycles. The number of carbonyl (C=O) groups excluding carboxylic acids is 3. The number of nitrogens with one attached hydrogen (secondary N) is 4. The Balaban J connectivity index is 1.17. The van der Waals surface area contributed by atoms with E-state index in [1.165, 1.54) is 19.3 Å². The molecule has 8 heteroatoms. The van der Waals surface area contributed by atoms with Crippen LogP contribution in [0.5, 0.6) is 0 Å². The number of amides is 4. The summed E-state index contributed by atoms with van der Waals surface area (Å²) in [5, 5.41) is 17.7. The maximum atomic E-state index is 12.9. The van der Waals surface area contributed by atoms with Crippen LogP contribution in [0.3, 0.4) is 0 Å². The molecule has 4 saturated carbocycles. The Morgan fingerprint density at radius 3 is 2.17 bits per heavy atom. The monoisotopic (exact) mass is 498 g/mol. The molecule has 8 nitrogen and oxygen atoms in total. The minimum absolute atomic E-state index is 0.0963. The van der Waals surface area contributed by atoms with E-state index in [0.29, 0.717) is 35.0 Å². The first-order valence-corrected chi connectivity index (χ1v) is 13.5. The van der Waals surface area contributed by atoms with E-state index in [4.69, 9.17) is 5.21 Å². The van der Waals surface area contributed by atoms with Crippen LogP contribution in [0, 0.1) is 16.7 Å². The fraction of sp³-hybridized carbons (Fsp3) is 0.679. The smallest absolute Gasteiger partial charge is 0.319 e. The normalized spacial score (nSPS) is 30.0. The predicted octanol–water partition coefficient (Wildman–Crippen LogP) is 5.13. The molecule has 1 aromatic rings. The number of urea groups is 1. The van der Waals surface area contributed by atoms with Crippen molar-refractivity contribution < 1.29 is 19.6 Å². The molecule has 4 amide bonds. The number of benzene rings is 1. The van der Waals surface area contributed by atoms with Gasteiger partial charge in [-0.3, -0.25) is 14.8 Å². The number of unbranched alkanes of at least 4 members (excludes halogenated alkanes) is 4. The lowest BCUT2D eigenvalue weighted by Crippen LogP contribution is -2.65. The van der Waals surface area contributed by atoms with E-state index in [2.05, 4.69) is 29.8 Å². The van der Waals surface area contributed by atoms with Crippen LogP contribution < -0.4 is 21.4 Å². The Hall–Kier alpha value is -2.61. The van der Waals surface area contributed by atoms with E-state index in [-0.39, 0.29) is 23.4 Å². The van der Waals surface area contributed by atoms with Gasteiger partial charge in [-0.05, 0) is 92.4 Å². The molecule has 36 heavy (non-hydrogen) atoms. The zero-order valence-electron chi connectivity index (χ0n) is 21.8. The van der Waals surface area contributed by atoms with Gasteiger partial charge in [0.15, 0.2) is 0 Å². The largest absolute Gasteiger partial charge is 0.352 e. The molecule has 5 N–H and O–H groups in total. The van der Waals surface area contributed by atoms with Crippen LogP contribution in [0.1, 0.15) is 101 Å². The molecule has 5 rings (SSSR count). The van der Waals surface area contributed by atoms with E-state index in [0.717, 1.165) is 57.3 Å². The molecule has 4 aliphatic carbocycles. The van der Waals surface area contributed by atoms with Crippen molar-refractivity contribution in [1.29, 1.82) is 0 Å². The van der Waals surface area contributed by atoms with Gasteiger partial charge in [-0.15, -0.1) is 0 Å². The van der Waals surface area contributed by atoms with E-state index in [1.54, 1.807) is 29.7 Å². The summed E-state index contributed by atoms with van der Waals surface area (Å²) < 4.78 is 0. The maximum absolute atomic E-state index is 12.9. The Bertz CT molecular complexity index is 945. The molecule has 2 unspecified atom stereocenters. The Kier molecular flexibility index (Phi) is 7.93. The van der Waals surface area contributed by atoms with Crippen LogP contribution in [0.2, 0.25) is 0 Å². The first kappa shape index (κ1) is 26.5. The highest BCUT2D eigenvalue weighted by Crippen LogP contribution is 2.66. The van der Waals surface area contributed by atoms with Crippen LogP contribution in [0.15, 0.2) is 24.3 Å². The average Bonchev–Trinajstić information content (AvgIpc) is 2.78. The Morgan fingerprint density at radius 2 is 1.53 bits per heavy atom. The molecule has 4 bridgehead atoms. The SMILES string of the molecule is CC12CC3CC(C)(C1)CC(NC(=O)Nc1ccc(C(=O)NCCCCCCCC(=O)NO)cc1)(C3)C2. The molecular weight excluding hydrogens is 456 g/mol. The molecule has 1 aromatic carbocycles. The van der Waals surface area contributed by atoms with Crippen molar-refractivity contribution in [3.63, 3.8) is 0 Å². The summed E-state index contributed by atoms with van der Waals surface area (Å²) in [5.74, 6) is 0.241. The van der Waals surface area contributed by atoms with Gasteiger partial charge in [0.25, 0.3) is 5.91 Å². The first-order valence-electron chi connectivity index (χ1n) is 13.5. The predicted molar refractivity (Wildman–Crippen MR) is 139 cm³/mol. The van der Waals surface area contributed by atoms with Gasteiger partial charge in [-0.25, -0.2) is 10.3 Å². The van der Waals surface area contributed by atoms with Crippen LogP contribution >= 0.6 is 0 Å². The van der Waals surface area contributed by atoms with Crippen LogP contribution in [0.25, 0.3) is 0 Å². The highest BCUT2D eigenvalue weighted by Gasteiger charge is 2.60. The van der Waals surface area contributed by atoms with Gasteiger partial charge in [0.05, 0.1) is 0 Å². The Labute approximate surface area is 214 Å². The van der Waals surface area contributed by atoms with Gasteiger partial charge in [0.2, 0.25) is 5.91 Å². The zero-order valence-corrected chi connectivity index (χ0v) is 21.8. The third kappa shape index (κ3) is 6.58. The van der Waals surface area contributed by atoms with Gasteiger partial charge < -0.3 is 16.0 Å². The van der Waals surface area contributed by atoms with E-state index in [1.807, 2.05) is 0 Å². The molecule has 198 valence electrons. The third-order valence-electron chi connectivity index (χ3n) is 8.40. The fourth-order valence-corrected chi connectivity index (χ4v) is 8.00. The standard InChI is InChI=1S/C28H42N4O4/c1-26-14-20-15-27(2,17-26)19-28(16-20,18-26)31-25(35)30-22-11-9-21(10-12-22)24(34)29-13-7-5-3-4-6-8-23(33)32-36/h9-12,20,36H,3-8,13-19H2,1-2H3,(H,29,34)(H,32,33)(H2,30,31,35). The van der Waals surface area contributed by atoms with E-state index in [9.17, 15) is 14.4 Å². The number of carbonyl (C=O) groups is 3. The zero-order chi connectivity index (χ0) is 25.8. The van der Waals surface area contributed by atoms with E-state index < -0.39 is 0 Å². The van der Waals surface area contributed by atoms with Gasteiger partial charge in [0.1, 0.15) is 0 Å². The van der Waals surface area contributed by atoms with E-state index >= 15 is 0 Å². The lowest BCUT2D eigenvalue weighted by molar-refractivity contribution is -0.129. The second kappa shape index (κ2) is 10.8. The molecule has 0 spiro atoms. The molecule has 0 aliphatic heterocycles. The molecule has 0 saturated heterocycles. The van der Waals surface area contributed by atoms with Gasteiger partial charge in [-0.2, -0.15) is 0 Å². The average molecular weight is 499 g/mol. The number of hydrogen-bond donors (Lipinski definition) is 5. The van der Waals surface area contributed by atoms with Crippen LogP contribution in [0.4, 0.5) is 10.5 Å². The molecule has 0 aromatic heterocycles. The van der Waals surface area contributed by atoms with Crippen molar-refractivity contribution in [1.82, 2.24) is 16.1 Å². The number of hydrogen-bond acceptors (Lipinski definition) is 4. The molecule has 0 radical (unpaired) electrons. The number of rotatable bonds is 11. The van der Waals surface area contributed by atoms with Crippen molar-refractivity contribution >= 4 is 23.5 Å². The minimum atomic E-state index is -0.351. The number of anilines is 1. The second-order valence-corrected chi connectivity index (χ2v) is 12.4. The van der Waals surface area contributed by atoms with Crippen LogP contribution in [-0.4, -0.2) is 35.1 Å². The second-order valence-electron chi connectivity index (χ2n) is 12.4. The highest BCUT2D eigenvalue weighted by molar-refractivity contribution is 5.95.